The molecule has 10 aromatic rings. The topological polar surface area (TPSA) is 32.3 Å². The number of aromatic nitrogens is 2. The average molecular weight is 819 g/mol. The van der Waals surface area contributed by atoms with Crippen LogP contribution in [-0.2, 0) is 0 Å². The Morgan fingerprint density at radius 1 is 0.297 bits per heavy atom. The third kappa shape index (κ3) is 6.56. The van der Waals surface area contributed by atoms with E-state index in [2.05, 4.69) is 228 Å². The Morgan fingerprint density at radius 2 is 0.734 bits per heavy atom. The fourth-order valence-electron chi connectivity index (χ4n) is 9.85. The molecule has 0 bridgehead atoms. The first-order chi connectivity index (χ1) is 31.7. The van der Waals surface area contributed by atoms with E-state index < -0.39 is 0 Å². The molecule has 64 heavy (non-hydrogen) atoms. The van der Waals surface area contributed by atoms with Crippen LogP contribution in [0.15, 0.2) is 243 Å². The predicted octanol–water partition coefficient (Wildman–Crippen LogP) is 15.6. The van der Waals surface area contributed by atoms with Crippen LogP contribution in [-0.4, -0.2) is 9.97 Å². The van der Waals surface area contributed by atoms with Gasteiger partial charge >= 0.3 is 0 Å². The van der Waals surface area contributed by atoms with Crippen molar-refractivity contribution in [2.75, 3.05) is 9.80 Å². The third-order valence-corrected chi connectivity index (χ3v) is 12.8. The molecule has 0 N–H and O–H groups in total. The summed E-state index contributed by atoms with van der Waals surface area (Å²) in [5, 5.41) is 0. The molecule has 4 heteroatoms. The van der Waals surface area contributed by atoms with Crippen LogP contribution >= 0.6 is 0 Å². The number of hydrogen-bond donors (Lipinski definition) is 0. The fourth-order valence-corrected chi connectivity index (χ4v) is 9.85. The molecule has 12 rings (SSSR count). The summed E-state index contributed by atoms with van der Waals surface area (Å²) in [5.74, 6) is 0.771. The smallest absolute Gasteiger partial charge is 0.160 e. The minimum atomic E-state index is 0.0291. The first kappa shape index (κ1) is 37.4. The second-order valence-electron chi connectivity index (χ2n) is 16.5. The Bertz CT molecular complexity index is 3260. The molecule has 2 atom stereocenters. The van der Waals surface area contributed by atoms with E-state index >= 15 is 0 Å². The summed E-state index contributed by atoms with van der Waals surface area (Å²) in [7, 11) is 0. The van der Waals surface area contributed by atoms with E-state index in [1.165, 1.54) is 56.1 Å². The minimum Gasteiger partial charge on any atom is -0.333 e. The molecule has 2 aliphatic rings. The Labute approximate surface area is 374 Å². The van der Waals surface area contributed by atoms with Crippen molar-refractivity contribution in [2.24, 2.45) is 0 Å². The lowest BCUT2D eigenvalue weighted by Crippen LogP contribution is -2.22. The van der Waals surface area contributed by atoms with Crippen LogP contribution in [0.2, 0.25) is 0 Å². The van der Waals surface area contributed by atoms with Gasteiger partial charge in [-0.2, -0.15) is 0 Å². The van der Waals surface area contributed by atoms with Gasteiger partial charge in [-0.15, -0.1) is 0 Å². The highest BCUT2D eigenvalue weighted by Gasteiger charge is 2.46. The van der Waals surface area contributed by atoms with E-state index in [1.807, 2.05) is 24.3 Å². The third-order valence-electron chi connectivity index (χ3n) is 12.8. The second kappa shape index (κ2) is 15.8. The lowest BCUT2D eigenvalue weighted by Gasteiger charge is -2.32. The van der Waals surface area contributed by atoms with Crippen LogP contribution in [0.3, 0.4) is 0 Å². The summed E-state index contributed by atoms with van der Waals surface area (Å²) in [4.78, 5) is 15.3. The molecule has 0 fully saturated rings. The SMILES string of the molecule is c1ccc(-c2ccc(-c3cc(-c4ccc(-c5ccc6c(c5)C5c7ccccc7N(c7ccccc7)C5c5ccccc5N6c5ccccc5)cc4)nc(-c4ccccc4)n3)cc2)cc1. The Kier molecular flexibility index (Phi) is 9.27. The molecule has 1 aromatic heterocycles. The van der Waals surface area contributed by atoms with Crippen molar-refractivity contribution < 1.29 is 0 Å². The van der Waals surface area contributed by atoms with Gasteiger partial charge in [0.2, 0.25) is 0 Å². The quantitative estimate of drug-likeness (QED) is 0.160. The van der Waals surface area contributed by atoms with Gasteiger partial charge in [-0.25, -0.2) is 9.97 Å². The molecule has 0 saturated carbocycles. The standard InChI is InChI=1S/C60H42N4/c1-5-17-41(18-6-1)42-29-33-44(34-30-42)53-40-54(62-60(61-53)46-19-7-2-8-20-46)45-35-31-43(32-36-45)47-37-38-57-52(39-47)58-50-25-13-15-27-55(50)64(49-23-11-4-12-24-49)59(58)51-26-14-16-28-56(51)63(57)48-21-9-3-10-22-48/h1-40,58-59H. The van der Waals surface area contributed by atoms with Gasteiger partial charge in [-0.05, 0) is 93.5 Å². The molecular weight excluding hydrogens is 777 g/mol. The molecule has 0 aliphatic carbocycles. The van der Waals surface area contributed by atoms with Crippen molar-refractivity contribution in [2.45, 2.75) is 12.0 Å². The van der Waals surface area contributed by atoms with Gasteiger partial charge in [0.05, 0.1) is 28.8 Å². The molecule has 0 radical (unpaired) electrons. The molecule has 0 spiro atoms. The van der Waals surface area contributed by atoms with Crippen LogP contribution in [0.4, 0.5) is 28.4 Å². The van der Waals surface area contributed by atoms with E-state index in [0.29, 0.717) is 5.82 Å². The normalized spacial score (nSPS) is 14.8. The molecule has 302 valence electrons. The van der Waals surface area contributed by atoms with Gasteiger partial charge in [0.25, 0.3) is 0 Å². The van der Waals surface area contributed by atoms with E-state index in [1.54, 1.807) is 0 Å². The van der Waals surface area contributed by atoms with Gasteiger partial charge in [-0.3, -0.25) is 0 Å². The molecule has 0 amide bonds. The Balaban J connectivity index is 0.974. The summed E-state index contributed by atoms with van der Waals surface area (Å²) in [6.07, 6.45) is 0. The number of rotatable bonds is 7. The van der Waals surface area contributed by atoms with Gasteiger partial charge in [0, 0.05) is 39.7 Å². The summed E-state index contributed by atoms with van der Waals surface area (Å²) in [6, 6.07) is 87.2. The zero-order chi connectivity index (χ0) is 42.4. The zero-order valence-corrected chi connectivity index (χ0v) is 35.0. The molecule has 3 heterocycles. The van der Waals surface area contributed by atoms with Crippen molar-refractivity contribution in [3.05, 3.63) is 259 Å². The maximum absolute atomic E-state index is 5.16. The monoisotopic (exact) mass is 818 g/mol. The van der Waals surface area contributed by atoms with Crippen LogP contribution < -0.4 is 9.80 Å². The maximum atomic E-state index is 5.16. The van der Waals surface area contributed by atoms with Gasteiger partial charge in [-0.1, -0.05) is 188 Å². The maximum Gasteiger partial charge on any atom is 0.160 e. The Hall–Kier alpha value is -8.34. The lowest BCUT2D eigenvalue weighted by atomic mass is 9.83. The number of hydrogen-bond acceptors (Lipinski definition) is 4. The van der Waals surface area contributed by atoms with Crippen molar-refractivity contribution >= 4 is 28.4 Å². The summed E-state index contributed by atoms with van der Waals surface area (Å²) in [5.41, 5.74) is 19.4. The van der Waals surface area contributed by atoms with E-state index in [0.717, 1.165) is 39.3 Å². The molecule has 2 aliphatic heterocycles. The van der Waals surface area contributed by atoms with E-state index in [4.69, 9.17) is 9.97 Å². The summed E-state index contributed by atoms with van der Waals surface area (Å²) in [6.45, 7) is 0. The lowest BCUT2D eigenvalue weighted by molar-refractivity contribution is 0.665. The highest BCUT2D eigenvalue weighted by molar-refractivity contribution is 5.89. The van der Waals surface area contributed by atoms with Crippen LogP contribution in [0.25, 0.3) is 56.2 Å². The molecule has 2 unspecified atom stereocenters. The zero-order valence-electron chi connectivity index (χ0n) is 35.0. The average Bonchev–Trinajstić information content (AvgIpc) is 3.66. The molecule has 0 saturated heterocycles. The van der Waals surface area contributed by atoms with Gasteiger partial charge < -0.3 is 9.80 Å². The van der Waals surface area contributed by atoms with E-state index in [9.17, 15) is 0 Å². The van der Waals surface area contributed by atoms with Crippen molar-refractivity contribution in [3.63, 3.8) is 0 Å². The highest BCUT2D eigenvalue weighted by Crippen LogP contribution is 2.61. The number of fused-ring (bicyclic) bond motifs is 7. The number of anilines is 5. The van der Waals surface area contributed by atoms with Crippen LogP contribution in [0.1, 0.15) is 28.7 Å². The highest BCUT2D eigenvalue weighted by atomic mass is 15.2. The van der Waals surface area contributed by atoms with Crippen molar-refractivity contribution in [1.82, 2.24) is 9.97 Å². The van der Waals surface area contributed by atoms with Gasteiger partial charge in [0.15, 0.2) is 5.82 Å². The summed E-state index contributed by atoms with van der Waals surface area (Å²) < 4.78 is 0. The molecular formula is C60H42N4. The number of nitrogens with zero attached hydrogens (tertiary/aromatic N) is 4. The van der Waals surface area contributed by atoms with Crippen molar-refractivity contribution in [3.8, 4) is 56.2 Å². The van der Waals surface area contributed by atoms with Crippen LogP contribution in [0.5, 0.6) is 0 Å². The Morgan fingerprint density at radius 3 is 1.36 bits per heavy atom. The number of para-hydroxylation sites is 4. The minimum absolute atomic E-state index is 0.0291. The van der Waals surface area contributed by atoms with E-state index in [-0.39, 0.29) is 12.0 Å². The fraction of sp³-hybridized carbons (Fsp3) is 0.0333. The molecule has 4 nitrogen and oxygen atoms in total. The first-order valence-electron chi connectivity index (χ1n) is 22.0. The van der Waals surface area contributed by atoms with Crippen LogP contribution in [0, 0.1) is 0 Å². The van der Waals surface area contributed by atoms with Crippen molar-refractivity contribution in [1.29, 1.82) is 0 Å². The molecule has 9 aromatic carbocycles. The number of benzene rings is 9. The second-order valence-corrected chi connectivity index (χ2v) is 16.5. The van der Waals surface area contributed by atoms with Gasteiger partial charge in [0.1, 0.15) is 0 Å². The predicted molar refractivity (Wildman–Crippen MR) is 264 cm³/mol. The first-order valence-corrected chi connectivity index (χ1v) is 22.0. The largest absolute Gasteiger partial charge is 0.333 e. The summed E-state index contributed by atoms with van der Waals surface area (Å²) >= 11 is 0.